The highest BCUT2D eigenvalue weighted by Gasteiger charge is 2.60. The predicted molar refractivity (Wildman–Crippen MR) is 155 cm³/mol. The molecule has 9 nitrogen and oxygen atoms in total. The van der Waals surface area contributed by atoms with Crippen LogP contribution in [0.4, 0.5) is 17.1 Å². The minimum atomic E-state index is -4.08. The highest BCUT2D eigenvalue weighted by Crippen LogP contribution is 2.54. The first kappa shape index (κ1) is 27.7. The van der Waals surface area contributed by atoms with Crippen molar-refractivity contribution in [1.82, 2.24) is 5.32 Å². The Labute approximate surface area is 234 Å². The Morgan fingerprint density at radius 2 is 1.48 bits per heavy atom. The second-order valence-electron chi connectivity index (χ2n) is 10.7. The molecular formula is C30H34N4O5S. The summed E-state index contributed by atoms with van der Waals surface area (Å²) in [7, 11) is -4.08. The van der Waals surface area contributed by atoms with Crippen molar-refractivity contribution in [1.29, 1.82) is 0 Å². The average Bonchev–Trinajstić information content (AvgIpc) is 3.32. The molecule has 2 aliphatic rings. The number of carbonyl (C=O) groups excluding carboxylic acids is 2. The van der Waals surface area contributed by atoms with Crippen LogP contribution in [-0.2, 0) is 19.4 Å². The summed E-state index contributed by atoms with van der Waals surface area (Å²) in [5, 5.41) is 8.88. The first-order valence-electron chi connectivity index (χ1n) is 13.4. The summed E-state index contributed by atoms with van der Waals surface area (Å²) in [5.41, 5.74) is 7.29. The SMILES string of the molecule is CC(=O)Nc1ccc(Oc2ccc(S(=O)(=O)C3(C(=O)Nc4ccccc4N)CCC4(CCNCC4)C3)cc2)cc1. The Morgan fingerprint density at radius 1 is 0.850 bits per heavy atom. The molecule has 1 aliphatic heterocycles. The number of rotatable bonds is 7. The van der Waals surface area contributed by atoms with Crippen LogP contribution < -0.4 is 26.4 Å². The molecule has 210 valence electrons. The van der Waals surface area contributed by atoms with Gasteiger partial charge in [0.25, 0.3) is 0 Å². The van der Waals surface area contributed by atoms with E-state index in [0.29, 0.717) is 35.0 Å². The molecule has 2 fully saturated rings. The van der Waals surface area contributed by atoms with Crippen LogP contribution >= 0.6 is 0 Å². The van der Waals surface area contributed by atoms with E-state index in [9.17, 15) is 18.0 Å². The molecule has 1 saturated carbocycles. The highest BCUT2D eigenvalue weighted by molar-refractivity contribution is 7.93. The van der Waals surface area contributed by atoms with Crippen LogP contribution in [0.5, 0.6) is 11.5 Å². The average molecular weight is 563 g/mol. The molecule has 3 aromatic rings. The summed E-state index contributed by atoms with van der Waals surface area (Å²) < 4.78 is 32.9. The van der Waals surface area contributed by atoms with E-state index in [2.05, 4.69) is 16.0 Å². The van der Waals surface area contributed by atoms with Crippen LogP contribution in [0.25, 0.3) is 0 Å². The number of sulfone groups is 1. The van der Waals surface area contributed by atoms with Crippen LogP contribution in [0.15, 0.2) is 77.7 Å². The number of nitrogen functional groups attached to an aromatic ring is 1. The van der Waals surface area contributed by atoms with E-state index in [4.69, 9.17) is 10.5 Å². The first-order valence-corrected chi connectivity index (χ1v) is 14.9. The molecule has 5 rings (SSSR count). The number of benzene rings is 3. The van der Waals surface area contributed by atoms with Crippen molar-refractivity contribution in [2.24, 2.45) is 5.41 Å². The minimum absolute atomic E-state index is 0.0722. The summed E-state index contributed by atoms with van der Waals surface area (Å²) in [6.07, 6.45) is 2.84. The Balaban J connectivity index is 1.42. The number of anilines is 3. The topological polar surface area (TPSA) is 140 Å². The molecule has 3 aromatic carbocycles. The fraction of sp³-hybridized carbons (Fsp3) is 0.333. The quantitative estimate of drug-likeness (QED) is 0.305. The number of nitrogens with one attached hydrogen (secondary N) is 3. The summed E-state index contributed by atoms with van der Waals surface area (Å²) in [6, 6.07) is 19.9. The van der Waals surface area contributed by atoms with Gasteiger partial charge < -0.3 is 26.4 Å². The third-order valence-corrected chi connectivity index (χ3v) is 10.5. The van der Waals surface area contributed by atoms with Crippen LogP contribution in [0.2, 0.25) is 0 Å². The normalized spacial score (nSPS) is 20.1. The van der Waals surface area contributed by atoms with E-state index in [1.165, 1.54) is 19.1 Å². The maximum atomic E-state index is 14.3. The van der Waals surface area contributed by atoms with Gasteiger partial charge in [-0.3, -0.25) is 9.59 Å². The molecule has 1 spiro atoms. The van der Waals surface area contributed by atoms with Crippen molar-refractivity contribution in [2.75, 3.05) is 29.5 Å². The van der Waals surface area contributed by atoms with Crippen molar-refractivity contribution >= 4 is 38.7 Å². The summed E-state index contributed by atoms with van der Waals surface area (Å²) in [5.74, 6) is 0.269. The maximum absolute atomic E-state index is 14.3. The zero-order chi connectivity index (χ0) is 28.4. The number of nitrogens with two attached hydrogens (primary N) is 1. The fourth-order valence-corrected chi connectivity index (χ4v) is 7.99. The van der Waals surface area contributed by atoms with Gasteiger partial charge >= 0.3 is 0 Å². The number of amides is 2. The number of para-hydroxylation sites is 2. The lowest BCUT2D eigenvalue weighted by atomic mass is 9.77. The maximum Gasteiger partial charge on any atom is 0.246 e. The lowest BCUT2D eigenvalue weighted by molar-refractivity contribution is -0.118. The van der Waals surface area contributed by atoms with Crippen molar-refractivity contribution < 1.29 is 22.7 Å². The Hall–Kier alpha value is -3.89. The van der Waals surface area contributed by atoms with E-state index in [-0.39, 0.29) is 29.1 Å². The van der Waals surface area contributed by atoms with E-state index in [1.54, 1.807) is 60.7 Å². The summed E-state index contributed by atoms with van der Waals surface area (Å²) in [6.45, 7) is 3.05. The molecule has 1 unspecified atom stereocenters. The fourth-order valence-electron chi connectivity index (χ4n) is 5.88. The molecule has 1 atom stereocenters. The number of piperidine rings is 1. The largest absolute Gasteiger partial charge is 0.457 e. The molecule has 0 aromatic heterocycles. The lowest BCUT2D eigenvalue weighted by Gasteiger charge is -2.36. The van der Waals surface area contributed by atoms with Gasteiger partial charge in [-0.1, -0.05) is 12.1 Å². The smallest absolute Gasteiger partial charge is 0.246 e. The second kappa shape index (κ2) is 10.9. The van der Waals surface area contributed by atoms with Crippen LogP contribution in [0.1, 0.15) is 39.0 Å². The standard InChI is InChI=1S/C30H34N4O5S/c1-21(35)33-22-6-8-23(9-7-22)39-24-10-12-25(13-11-24)40(37,38)30(15-14-29(20-30)16-18-32-19-17-29)28(36)34-27-5-3-2-4-26(27)31/h2-13,32H,14-20,31H2,1H3,(H,33,35)(H,34,36). The lowest BCUT2D eigenvalue weighted by Crippen LogP contribution is -2.49. The zero-order valence-corrected chi connectivity index (χ0v) is 23.2. The minimum Gasteiger partial charge on any atom is -0.457 e. The number of carbonyl (C=O) groups is 2. The monoisotopic (exact) mass is 562 g/mol. The Bertz CT molecular complexity index is 1500. The van der Waals surface area contributed by atoms with Gasteiger partial charge in [-0.05, 0) is 111 Å². The molecule has 1 heterocycles. The molecule has 10 heteroatoms. The van der Waals surface area contributed by atoms with Gasteiger partial charge in [-0.15, -0.1) is 0 Å². The summed E-state index contributed by atoms with van der Waals surface area (Å²) in [4.78, 5) is 25.2. The third-order valence-electron chi connectivity index (χ3n) is 8.07. The Kier molecular flexibility index (Phi) is 7.57. The Morgan fingerprint density at radius 3 is 2.10 bits per heavy atom. The third kappa shape index (κ3) is 5.41. The van der Waals surface area contributed by atoms with Crippen molar-refractivity contribution in [3.8, 4) is 11.5 Å². The van der Waals surface area contributed by atoms with Gasteiger partial charge in [0.2, 0.25) is 11.8 Å². The van der Waals surface area contributed by atoms with Gasteiger partial charge in [0.05, 0.1) is 16.3 Å². The zero-order valence-electron chi connectivity index (χ0n) is 22.4. The molecule has 40 heavy (non-hydrogen) atoms. The number of hydrogen-bond acceptors (Lipinski definition) is 7. The van der Waals surface area contributed by atoms with E-state index in [1.807, 2.05) is 0 Å². The van der Waals surface area contributed by atoms with Gasteiger partial charge in [0.15, 0.2) is 14.6 Å². The molecule has 2 amide bonds. The van der Waals surface area contributed by atoms with Gasteiger partial charge in [0, 0.05) is 12.6 Å². The van der Waals surface area contributed by atoms with Crippen LogP contribution in [-0.4, -0.2) is 38.1 Å². The van der Waals surface area contributed by atoms with Crippen LogP contribution in [0, 0.1) is 5.41 Å². The molecule has 1 aliphatic carbocycles. The number of ether oxygens (including phenoxy) is 1. The highest BCUT2D eigenvalue weighted by atomic mass is 32.2. The van der Waals surface area contributed by atoms with Crippen molar-refractivity contribution in [3.05, 3.63) is 72.8 Å². The first-order chi connectivity index (χ1) is 19.1. The molecule has 0 radical (unpaired) electrons. The molecule has 1 saturated heterocycles. The van der Waals surface area contributed by atoms with Crippen molar-refractivity contribution in [2.45, 2.75) is 48.7 Å². The van der Waals surface area contributed by atoms with Crippen molar-refractivity contribution in [3.63, 3.8) is 0 Å². The van der Waals surface area contributed by atoms with E-state index in [0.717, 1.165) is 25.9 Å². The second-order valence-corrected chi connectivity index (χ2v) is 13.0. The molecule has 5 N–H and O–H groups in total. The van der Waals surface area contributed by atoms with E-state index < -0.39 is 20.5 Å². The molecule has 0 bridgehead atoms. The molecular weight excluding hydrogens is 528 g/mol. The predicted octanol–water partition coefficient (Wildman–Crippen LogP) is 4.72. The van der Waals surface area contributed by atoms with Gasteiger partial charge in [-0.2, -0.15) is 0 Å². The van der Waals surface area contributed by atoms with E-state index >= 15 is 0 Å². The number of hydrogen-bond donors (Lipinski definition) is 4. The van der Waals surface area contributed by atoms with Crippen LogP contribution in [0.3, 0.4) is 0 Å². The summed E-state index contributed by atoms with van der Waals surface area (Å²) >= 11 is 0. The van der Waals surface area contributed by atoms with Gasteiger partial charge in [-0.25, -0.2) is 8.42 Å². The van der Waals surface area contributed by atoms with Gasteiger partial charge in [0.1, 0.15) is 11.5 Å².